The molecule has 4 fully saturated rings. The Morgan fingerprint density at radius 3 is 2.40 bits per heavy atom. The Labute approximate surface area is 164 Å². The van der Waals surface area contributed by atoms with Crippen LogP contribution in [0.15, 0.2) is 22.9 Å². The van der Waals surface area contributed by atoms with E-state index in [1.807, 2.05) is 0 Å². The summed E-state index contributed by atoms with van der Waals surface area (Å²) in [7, 11) is 2.22. The summed E-state index contributed by atoms with van der Waals surface area (Å²) in [6.45, 7) is 1.27. The average molecular weight is 430 g/mol. The highest BCUT2D eigenvalue weighted by molar-refractivity contribution is 9.10. The molecule has 0 aliphatic heterocycles. The van der Waals surface area contributed by atoms with Crippen molar-refractivity contribution in [1.82, 2.24) is 9.88 Å². The predicted molar refractivity (Wildman–Crippen MR) is 103 cm³/mol. The summed E-state index contributed by atoms with van der Waals surface area (Å²) < 4.78 is 6.27. The Bertz CT molecular complexity index is 604. The van der Waals surface area contributed by atoms with E-state index in [4.69, 9.17) is 4.74 Å². The number of hydrogen-bond donors (Lipinski definition) is 0. The first kappa shape index (κ1) is 19.1. The highest BCUT2D eigenvalue weighted by atomic mass is 79.9. The molecule has 0 aromatic carbocycles. The number of ether oxygens (including phenoxy) is 1. The largest absolute Gasteiger partial charge is 0.461 e. The van der Waals surface area contributed by atoms with Gasteiger partial charge >= 0.3 is 5.97 Å². The number of rotatable bonds is 5. The van der Waals surface area contributed by atoms with E-state index in [0.29, 0.717) is 17.7 Å². The molecule has 0 radical (unpaired) electrons. The van der Waals surface area contributed by atoms with Crippen LogP contribution in [-0.2, 0) is 4.74 Å². The van der Waals surface area contributed by atoms with Gasteiger partial charge in [0.15, 0.2) is 0 Å². The van der Waals surface area contributed by atoms with Crippen LogP contribution in [0.2, 0.25) is 0 Å². The van der Waals surface area contributed by atoms with Gasteiger partial charge in [-0.15, -0.1) is 12.4 Å². The van der Waals surface area contributed by atoms with Crippen molar-refractivity contribution < 1.29 is 9.53 Å². The average Bonchev–Trinajstić information content (AvgIpc) is 2.53. The second kappa shape index (κ2) is 7.53. The van der Waals surface area contributed by atoms with E-state index in [1.165, 1.54) is 38.5 Å². The van der Waals surface area contributed by atoms with Gasteiger partial charge in [0.1, 0.15) is 6.61 Å². The van der Waals surface area contributed by atoms with Crippen molar-refractivity contribution in [2.24, 2.45) is 17.8 Å². The molecule has 4 aliphatic rings. The summed E-state index contributed by atoms with van der Waals surface area (Å²) in [6, 6.07) is 1.75. The van der Waals surface area contributed by atoms with Gasteiger partial charge < -0.3 is 4.74 Å². The molecule has 0 unspecified atom stereocenters. The number of carbonyl (C=O) groups excluding carboxylic acids is 1. The fourth-order valence-corrected chi connectivity index (χ4v) is 6.02. The lowest BCUT2D eigenvalue weighted by Gasteiger charge is -2.60. The van der Waals surface area contributed by atoms with E-state index in [1.54, 1.807) is 18.5 Å². The van der Waals surface area contributed by atoms with Crippen LogP contribution in [0.5, 0.6) is 0 Å². The van der Waals surface area contributed by atoms with Crippen LogP contribution in [0.3, 0.4) is 0 Å². The molecule has 4 saturated carbocycles. The van der Waals surface area contributed by atoms with Crippen molar-refractivity contribution in [2.75, 3.05) is 20.2 Å². The Morgan fingerprint density at radius 1 is 1.24 bits per heavy atom. The number of hydrogen-bond acceptors (Lipinski definition) is 4. The second-order valence-electron chi connectivity index (χ2n) is 8.09. The molecule has 5 rings (SSSR count). The quantitative estimate of drug-likeness (QED) is 0.654. The van der Waals surface area contributed by atoms with Crippen molar-refractivity contribution >= 4 is 34.3 Å². The normalized spacial score (nSPS) is 32.5. The van der Waals surface area contributed by atoms with Crippen molar-refractivity contribution in [3.63, 3.8) is 0 Å². The second-order valence-corrected chi connectivity index (χ2v) is 9.01. The van der Waals surface area contributed by atoms with Crippen molar-refractivity contribution in [3.8, 4) is 0 Å². The van der Waals surface area contributed by atoms with E-state index in [-0.39, 0.29) is 18.4 Å². The number of aromatic nitrogens is 1. The summed E-state index contributed by atoms with van der Waals surface area (Å²) in [5.41, 5.74) is 0.875. The Balaban J connectivity index is 0.00000182. The summed E-state index contributed by atoms with van der Waals surface area (Å²) in [5.74, 6) is 2.53. The zero-order valence-corrected chi connectivity index (χ0v) is 17.0. The minimum Gasteiger partial charge on any atom is -0.461 e. The van der Waals surface area contributed by atoms with Gasteiger partial charge in [-0.2, -0.15) is 0 Å². The van der Waals surface area contributed by atoms with Crippen LogP contribution in [0.4, 0.5) is 0 Å². The fourth-order valence-electron chi connectivity index (χ4n) is 5.65. The molecular weight excluding hydrogens is 404 g/mol. The summed E-state index contributed by atoms with van der Waals surface area (Å²) in [5, 5.41) is 0. The molecule has 1 aromatic heterocycles. The number of nitrogens with zero attached hydrogens (tertiary/aromatic N) is 2. The highest BCUT2D eigenvalue weighted by Crippen LogP contribution is 2.57. The minimum atomic E-state index is -0.289. The molecular formula is C19H26BrClN2O2. The highest BCUT2D eigenvalue weighted by Gasteiger charge is 2.52. The molecule has 6 heteroatoms. The topological polar surface area (TPSA) is 42.4 Å². The third kappa shape index (κ3) is 3.88. The first-order chi connectivity index (χ1) is 11.5. The predicted octanol–water partition coefficient (Wildman–Crippen LogP) is 4.32. The van der Waals surface area contributed by atoms with Gasteiger partial charge in [0.25, 0.3) is 0 Å². The molecule has 0 amide bonds. The van der Waals surface area contributed by atoms with E-state index in [2.05, 4.69) is 32.9 Å². The van der Waals surface area contributed by atoms with Crippen LogP contribution < -0.4 is 0 Å². The van der Waals surface area contributed by atoms with Crippen molar-refractivity contribution in [2.45, 2.75) is 44.1 Å². The molecule has 1 aromatic rings. The zero-order valence-electron chi connectivity index (χ0n) is 14.6. The maximum Gasteiger partial charge on any atom is 0.339 e. The van der Waals surface area contributed by atoms with Gasteiger partial charge in [-0.1, -0.05) is 0 Å². The molecule has 4 nitrogen and oxygen atoms in total. The fraction of sp³-hybridized carbons (Fsp3) is 0.684. The van der Waals surface area contributed by atoms with Crippen molar-refractivity contribution in [1.29, 1.82) is 0 Å². The minimum absolute atomic E-state index is 0. The summed E-state index contributed by atoms with van der Waals surface area (Å²) in [4.78, 5) is 18.6. The molecule has 0 spiro atoms. The molecule has 138 valence electrons. The molecule has 0 N–H and O–H groups in total. The smallest absolute Gasteiger partial charge is 0.339 e. The van der Waals surface area contributed by atoms with Crippen LogP contribution in [0, 0.1) is 17.8 Å². The third-order valence-corrected chi connectivity index (χ3v) is 6.85. The van der Waals surface area contributed by atoms with Crippen LogP contribution >= 0.6 is 28.3 Å². The van der Waals surface area contributed by atoms with Crippen LogP contribution in [0.25, 0.3) is 0 Å². The van der Waals surface area contributed by atoms with Gasteiger partial charge in [0.2, 0.25) is 0 Å². The number of likely N-dealkylation sites (N-methyl/N-ethyl adjacent to an activating group) is 1. The van der Waals surface area contributed by atoms with Crippen LogP contribution in [0.1, 0.15) is 48.9 Å². The Morgan fingerprint density at radius 2 is 1.84 bits per heavy atom. The van der Waals surface area contributed by atoms with E-state index in [9.17, 15) is 4.79 Å². The number of pyridine rings is 1. The lowest BCUT2D eigenvalue weighted by Crippen LogP contribution is -2.59. The van der Waals surface area contributed by atoms with Gasteiger partial charge in [0, 0.05) is 29.0 Å². The monoisotopic (exact) mass is 428 g/mol. The molecule has 0 saturated heterocycles. The molecule has 0 atom stereocenters. The molecule has 25 heavy (non-hydrogen) atoms. The lowest BCUT2D eigenvalue weighted by molar-refractivity contribution is -0.0829. The number of halogens is 2. The SMILES string of the molecule is CN(CCOC(=O)c1cncc(Br)c1)C12CC3CC(CC(C3)C1)C2.Cl. The number of carbonyl (C=O) groups is 1. The van der Waals surface area contributed by atoms with Crippen molar-refractivity contribution in [3.05, 3.63) is 28.5 Å². The van der Waals surface area contributed by atoms with E-state index < -0.39 is 0 Å². The molecule has 4 bridgehead atoms. The Hall–Kier alpha value is -0.650. The first-order valence-corrected chi connectivity index (χ1v) is 9.82. The summed E-state index contributed by atoms with van der Waals surface area (Å²) >= 11 is 3.33. The maximum atomic E-state index is 12.1. The van der Waals surface area contributed by atoms with Gasteiger partial charge in [0.05, 0.1) is 5.56 Å². The maximum absolute atomic E-state index is 12.1. The third-order valence-electron chi connectivity index (χ3n) is 6.42. The van der Waals surface area contributed by atoms with Gasteiger partial charge in [-0.25, -0.2) is 4.79 Å². The van der Waals surface area contributed by atoms with Gasteiger partial charge in [-0.05, 0) is 85.3 Å². The molecule has 4 aliphatic carbocycles. The van der Waals surface area contributed by atoms with E-state index in [0.717, 1.165) is 28.8 Å². The number of esters is 1. The molecule has 1 heterocycles. The Kier molecular flexibility index (Phi) is 5.76. The van der Waals surface area contributed by atoms with Crippen LogP contribution in [-0.4, -0.2) is 41.6 Å². The van der Waals surface area contributed by atoms with Gasteiger partial charge in [-0.3, -0.25) is 9.88 Å². The van der Waals surface area contributed by atoms with E-state index >= 15 is 0 Å². The standard InChI is InChI=1S/C19H25BrN2O2.ClH/c1-22(2-3-24-18(23)16-7-17(20)12-21-11-16)19-8-13-4-14(9-19)6-15(5-13)10-19;/h7,11-15H,2-6,8-10H2,1H3;1H. The zero-order chi connectivity index (χ0) is 16.7. The lowest BCUT2D eigenvalue weighted by atomic mass is 9.52. The first-order valence-electron chi connectivity index (χ1n) is 9.03. The summed E-state index contributed by atoms with van der Waals surface area (Å²) in [6.07, 6.45) is 11.6.